The van der Waals surface area contributed by atoms with Gasteiger partial charge in [-0.1, -0.05) is 33.1 Å². The summed E-state index contributed by atoms with van der Waals surface area (Å²) in [5.74, 6) is -0.445. The fourth-order valence-electron chi connectivity index (χ4n) is 1.90. The van der Waals surface area contributed by atoms with Gasteiger partial charge in [0.1, 0.15) is 6.26 Å². The first-order valence-corrected chi connectivity index (χ1v) is 7.10. The van der Waals surface area contributed by atoms with Gasteiger partial charge < -0.3 is 14.5 Å². The Morgan fingerprint density at radius 2 is 2.16 bits per heavy atom. The Balaban J connectivity index is 2.56. The van der Waals surface area contributed by atoms with E-state index in [4.69, 9.17) is 9.15 Å². The Labute approximate surface area is 114 Å². The van der Waals surface area contributed by atoms with Crippen molar-refractivity contribution in [1.29, 1.82) is 0 Å². The highest BCUT2D eigenvalue weighted by molar-refractivity contribution is 5.87. The first kappa shape index (κ1) is 15.5. The first-order valence-electron chi connectivity index (χ1n) is 7.10. The van der Waals surface area contributed by atoms with Crippen molar-refractivity contribution < 1.29 is 13.9 Å². The van der Waals surface area contributed by atoms with Crippen LogP contribution in [0.25, 0.3) is 0 Å². The van der Waals surface area contributed by atoms with E-state index in [0.29, 0.717) is 18.7 Å². The molecule has 108 valence electrons. The number of rotatable bonds is 9. The molecule has 1 unspecified atom stereocenters. The molecule has 5 nitrogen and oxygen atoms in total. The van der Waals surface area contributed by atoms with Gasteiger partial charge in [-0.25, -0.2) is 4.79 Å². The lowest BCUT2D eigenvalue weighted by Crippen LogP contribution is -2.19. The van der Waals surface area contributed by atoms with Crippen LogP contribution in [0.1, 0.15) is 63.4 Å². The predicted octanol–water partition coefficient (Wildman–Crippen LogP) is 3.62. The second kappa shape index (κ2) is 8.56. The molecule has 0 spiro atoms. The highest BCUT2D eigenvalue weighted by Crippen LogP contribution is 2.15. The molecule has 1 rings (SSSR count). The lowest BCUT2D eigenvalue weighted by atomic mass is 10.1. The molecular formula is C14H24N2O3. The maximum Gasteiger partial charge on any atom is 0.360 e. The van der Waals surface area contributed by atoms with Crippen molar-refractivity contribution in [2.24, 2.45) is 0 Å². The number of nitrogens with one attached hydrogen (secondary N) is 1. The maximum absolute atomic E-state index is 11.5. The van der Waals surface area contributed by atoms with Crippen LogP contribution in [-0.4, -0.2) is 23.6 Å². The highest BCUT2D eigenvalue weighted by atomic mass is 16.5. The van der Waals surface area contributed by atoms with Crippen LogP contribution in [0, 0.1) is 0 Å². The zero-order valence-electron chi connectivity index (χ0n) is 12.1. The minimum Gasteiger partial charge on any atom is -0.461 e. The van der Waals surface area contributed by atoms with Crippen molar-refractivity contribution in [1.82, 2.24) is 4.98 Å². The summed E-state index contributed by atoms with van der Waals surface area (Å²) in [5.41, 5.74) is 0.218. The van der Waals surface area contributed by atoms with E-state index in [0.717, 1.165) is 19.3 Å². The summed E-state index contributed by atoms with van der Waals surface area (Å²) in [6.45, 7) is 6.43. The number of ether oxygens (including phenoxy) is 1. The number of esters is 1. The molecule has 0 radical (unpaired) electrons. The highest BCUT2D eigenvalue weighted by Gasteiger charge is 2.15. The van der Waals surface area contributed by atoms with Gasteiger partial charge >= 0.3 is 5.97 Å². The smallest absolute Gasteiger partial charge is 0.360 e. The van der Waals surface area contributed by atoms with Gasteiger partial charge in [0.05, 0.1) is 6.61 Å². The Hall–Kier alpha value is -1.52. The van der Waals surface area contributed by atoms with Crippen LogP contribution < -0.4 is 5.32 Å². The fraction of sp³-hybridized carbons (Fsp3) is 0.714. The third-order valence-electron chi connectivity index (χ3n) is 2.86. The molecule has 0 saturated carbocycles. The lowest BCUT2D eigenvalue weighted by molar-refractivity contribution is 0.0519. The maximum atomic E-state index is 11.5. The molecule has 1 aromatic heterocycles. The number of carbonyl (C=O) groups is 1. The average molecular weight is 268 g/mol. The largest absolute Gasteiger partial charge is 0.461 e. The van der Waals surface area contributed by atoms with Crippen molar-refractivity contribution in [2.45, 2.75) is 58.9 Å². The van der Waals surface area contributed by atoms with Gasteiger partial charge in [-0.15, -0.1) is 0 Å². The molecule has 0 aliphatic carbocycles. The zero-order valence-corrected chi connectivity index (χ0v) is 12.1. The predicted molar refractivity (Wildman–Crippen MR) is 74.3 cm³/mol. The molecule has 1 N–H and O–H groups in total. The molecule has 1 aromatic rings. The van der Waals surface area contributed by atoms with Crippen LogP contribution >= 0.6 is 0 Å². The Kier molecular flexibility index (Phi) is 7.00. The second-order valence-corrected chi connectivity index (χ2v) is 4.53. The van der Waals surface area contributed by atoms with Crippen LogP contribution in [0.4, 0.5) is 6.01 Å². The number of hydrogen-bond acceptors (Lipinski definition) is 5. The quantitative estimate of drug-likeness (QED) is 0.693. The normalized spacial score (nSPS) is 12.2. The van der Waals surface area contributed by atoms with Gasteiger partial charge in [0.2, 0.25) is 0 Å². The van der Waals surface area contributed by atoms with E-state index in [2.05, 4.69) is 24.1 Å². The SMILES string of the molecule is CCCCC(CCC)Nc1nc(C(=O)OCC)co1. The summed E-state index contributed by atoms with van der Waals surface area (Å²) in [4.78, 5) is 15.6. The van der Waals surface area contributed by atoms with Crippen LogP contribution in [0.3, 0.4) is 0 Å². The minimum atomic E-state index is -0.445. The molecule has 0 amide bonds. The van der Waals surface area contributed by atoms with E-state index in [-0.39, 0.29) is 5.69 Å². The molecule has 1 heterocycles. The molecule has 1 atom stereocenters. The first-order chi connectivity index (χ1) is 9.21. The lowest BCUT2D eigenvalue weighted by Gasteiger charge is -2.15. The summed E-state index contributed by atoms with van der Waals surface area (Å²) in [6.07, 6.45) is 6.93. The van der Waals surface area contributed by atoms with Crippen molar-refractivity contribution >= 4 is 12.0 Å². The van der Waals surface area contributed by atoms with E-state index in [1.54, 1.807) is 6.92 Å². The molecule has 0 aliphatic rings. The number of unbranched alkanes of at least 4 members (excludes halogenated alkanes) is 1. The van der Waals surface area contributed by atoms with E-state index < -0.39 is 5.97 Å². The van der Waals surface area contributed by atoms with Crippen molar-refractivity contribution in [3.05, 3.63) is 12.0 Å². The topological polar surface area (TPSA) is 64.4 Å². The Bertz CT molecular complexity index is 377. The molecule has 5 heteroatoms. The van der Waals surface area contributed by atoms with Gasteiger partial charge in [-0.05, 0) is 19.8 Å². The third kappa shape index (κ3) is 5.32. The molecule has 19 heavy (non-hydrogen) atoms. The number of carbonyl (C=O) groups excluding carboxylic acids is 1. The van der Waals surface area contributed by atoms with Gasteiger partial charge in [0, 0.05) is 6.04 Å². The van der Waals surface area contributed by atoms with Crippen LogP contribution in [0.2, 0.25) is 0 Å². The summed E-state index contributed by atoms with van der Waals surface area (Å²) < 4.78 is 10.1. The number of hydrogen-bond donors (Lipinski definition) is 1. The van der Waals surface area contributed by atoms with Gasteiger partial charge in [-0.3, -0.25) is 0 Å². The van der Waals surface area contributed by atoms with Crippen LogP contribution in [-0.2, 0) is 4.74 Å². The summed E-state index contributed by atoms with van der Waals surface area (Å²) in [7, 11) is 0. The Morgan fingerprint density at radius 3 is 2.79 bits per heavy atom. The molecular weight excluding hydrogens is 244 g/mol. The molecule has 0 aromatic carbocycles. The van der Waals surface area contributed by atoms with Gasteiger partial charge in [0.25, 0.3) is 6.01 Å². The third-order valence-corrected chi connectivity index (χ3v) is 2.86. The van der Waals surface area contributed by atoms with Gasteiger partial charge in [-0.2, -0.15) is 4.98 Å². The summed E-state index contributed by atoms with van der Waals surface area (Å²) >= 11 is 0. The van der Waals surface area contributed by atoms with E-state index in [1.807, 2.05) is 0 Å². The van der Waals surface area contributed by atoms with E-state index in [9.17, 15) is 4.79 Å². The average Bonchev–Trinajstić information content (AvgIpc) is 2.85. The van der Waals surface area contributed by atoms with Crippen molar-refractivity contribution in [2.75, 3.05) is 11.9 Å². The van der Waals surface area contributed by atoms with Gasteiger partial charge in [0.15, 0.2) is 5.69 Å². The zero-order chi connectivity index (χ0) is 14.1. The van der Waals surface area contributed by atoms with Crippen LogP contribution in [0.15, 0.2) is 10.7 Å². The van der Waals surface area contributed by atoms with E-state index in [1.165, 1.54) is 19.1 Å². The van der Waals surface area contributed by atoms with Crippen molar-refractivity contribution in [3.8, 4) is 0 Å². The molecule has 0 saturated heterocycles. The van der Waals surface area contributed by atoms with E-state index >= 15 is 0 Å². The second-order valence-electron chi connectivity index (χ2n) is 4.53. The summed E-state index contributed by atoms with van der Waals surface area (Å²) in [5, 5.41) is 3.25. The standard InChI is InChI=1S/C14H24N2O3/c1-4-7-9-11(8-5-2)15-14-16-12(10-19-14)13(17)18-6-3/h10-11H,4-9H2,1-3H3,(H,15,16). The molecule has 0 fully saturated rings. The monoisotopic (exact) mass is 268 g/mol. The number of oxazole rings is 1. The minimum absolute atomic E-state index is 0.218. The van der Waals surface area contributed by atoms with Crippen molar-refractivity contribution in [3.63, 3.8) is 0 Å². The van der Waals surface area contributed by atoms with Crippen LogP contribution in [0.5, 0.6) is 0 Å². The number of nitrogens with zero attached hydrogens (tertiary/aromatic N) is 1. The molecule has 0 aliphatic heterocycles. The Morgan fingerprint density at radius 1 is 1.37 bits per heavy atom. The molecule has 0 bridgehead atoms. The number of aromatic nitrogens is 1. The summed E-state index contributed by atoms with van der Waals surface area (Å²) in [6, 6.07) is 0.747. The fourth-order valence-corrected chi connectivity index (χ4v) is 1.90. The number of anilines is 1.